The Morgan fingerprint density at radius 3 is 2.94 bits per heavy atom. The Balaban J connectivity index is 2.35. The monoisotopic (exact) mass is 265 g/mol. The van der Waals surface area contributed by atoms with E-state index in [4.69, 9.17) is 5.73 Å². The SMILES string of the molecule is CCc1cc2c(NCC(=O)NC)nc(N)nc2s1. The molecule has 2 aromatic rings. The van der Waals surface area contributed by atoms with Crippen molar-refractivity contribution in [1.82, 2.24) is 15.3 Å². The average molecular weight is 265 g/mol. The summed E-state index contributed by atoms with van der Waals surface area (Å²) in [5, 5.41) is 6.43. The fraction of sp³-hybridized carbons (Fsp3) is 0.364. The van der Waals surface area contributed by atoms with Crippen molar-refractivity contribution < 1.29 is 4.79 Å². The summed E-state index contributed by atoms with van der Waals surface area (Å²) in [4.78, 5) is 21.6. The van der Waals surface area contributed by atoms with E-state index in [2.05, 4.69) is 27.5 Å². The van der Waals surface area contributed by atoms with Gasteiger partial charge in [0.25, 0.3) is 0 Å². The third-order valence-electron chi connectivity index (χ3n) is 2.50. The van der Waals surface area contributed by atoms with E-state index in [0.29, 0.717) is 5.82 Å². The van der Waals surface area contributed by atoms with Crippen molar-refractivity contribution in [3.05, 3.63) is 10.9 Å². The smallest absolute Gasteiger partial charge is 0.239 e. The fourth-order valence-electron chi connectivity index (χ4n) is 1.55. The summed E-state index contributed by atoms with van der Waals surface area (Å²) in [5.41, 5.74) is 5.66. The van der Waals surface area contributed by atoms with E-state index < -0.39 is 0 Å². The van der Waals surface area contributed by atoms with Crippen molar-refractivity contribution in [2.45, 2.75) is 13.3 Å². The first kappa shape index (κ1) is 12.6. The van der Waals surface area contributed by atoms with Gasteiger partial charge in [0.15, 0.2) is 0 Å². The van der Waals surface area contributed by atoms with Gasteiger partial charge in [0.05, 0.1) is 11.9 Å². The van der Waals surface area contributed by atoms with Crippen LogP contribution in [0.3, 0.4) is 0 Å². The molecule has 2 aromatic heterocycles. The molecule has 0 radical (unpaired) electrons. The molecule has 96 valence electrons. The lowest BCUT2D eigenvalue weighted by molar-refractivity contribution is -0.118. The van der Waals surface area contributed by atoms with E-state index in [1.165, 1.54) is 4.88 Å². The molecular formula is C11H15N5OS. The zero-order valence-corrected chi connectivity index (χ0v) is 11.1. The molecule has 1 amide bonds. The van der Waals surface area contributed by atoms with Gasteiger partial charge in [-0.1, -0.05) is 6.92 Å². The van der Waals surface area contributed by atoms with Crippen LogP contribution in [-0.4, -0.2) is 29.5 Å². The molecule has 0 aliphatic carbocycles. The highest BCUT2D eigenvalue weighted by Gasteiger charge is 2.10. The normalized spacial score (nSPS) is 10.6. The van der Waals surface area contributed by atoms with Gasteiger partial charge in [0, 0.05) is 11.9 Å². The Kier molecular flexibility index (Phi) is 3.61. The largest absolute Gasteiger partial charge is 0.368 e. The van der Waals surface area contributed by atoms with Crippen LogP contribution in [0.25, 0.3) is 10.2 Å². The van der Waals surface area contributed by atoms with Crippen LogP contribution in [0.1, 0.15) is 11.8 Å². The average Bonchev–Trinajstić information content (AvgIpc) is 2.78. The fourth-order valence-corrected chi connectivity index (χ4v) is 2.52. The summed E-state index contributed by atoms with van der Waals surface area (Å²) in [6, 6.07) is 2.03. The molecule has 7 heteroatoms. The van der Waals surface area contributed by atoms with E-state index in [9.17, 15) is 4.79 Å². The van der Waals surface area contributed by atoms with Crippen molar-refractivity contribution in [2.24, 2.45) is 0 Å². The number of amides is 1. The molecule has 0 spiro atoms. The predicted molar refractivity (Wildman–Crippen MR) is 73.8 cm³/mol. The maximum Gasteiger partial charge on any atom is 0.239 e. The summed E-state index contributed by atoms with van der Waals surface area (Å²) in [7, 11) is 1.59. The molecule has 2 heterocycles. The van der Waals surface area contributed by atoms with Crippen molar-refractivity contribution in [3.8, 4) is 0 Å². The Morgan fingerprint density at radius 1 is 1.50 bits per heavy atom. The molecular weight excluding hydrogens is 250 g/mol. The van der Waals surface area contributed by atoms with Crippen LogP contribution in [0.2, 0.25) is 0 Å². The summed E-state index contributed by atoms with van der Waals surface area (Å²) in [6.07, 6.45) is 0.940. The van der Waals surface area contributed by atoms with Crippen LogP contribution >= 0.6 is 11.3 Å². The van der Waals surface area contributed by atoms with Crippen LogP contribution in [0.15, 0.2) is 6.07 Å². The van der Waals surface area contributed by atoms with E-state index in [1.54, 1.807) is 18.4 Å². The second-order valence-corrected chi connectivity index (χ2v) is 4.86. The lowest BCUT2D eigenvalue weighted by Crippen LogP contribution is -2.26. The maximum atomic E-state index is 11.2. The van der Waals surface area contributed by atoms with Crippen LogP contribution in [0.5, 0.6) is 0 Å². The number of hydrogen-bond donors (Lipinski definition) is 3. The van der Waals surface area contributed by atoms with Gasteiger partial charge in [0.1, 0.15) is 10.6 Å². The zero-order valence-electron chi connectivity index (χ0n) is 10.3. The molecule has 0 aliphatic rings. The number of anilines is 2. The molecule has 0 bridgehead atoms. The number of rotatable bonds is 4. The number of nitrogens with one attached hydrogen (secondary N) is 2. The third-order valence-corrected chi connectivity index (χ3v) is 3.68. The van der Waals surface area contributed by atoms with Crippen LogP contribution < -0.4 is 16.4 Å². The molecule has 4 N–H and O–H groups in total. The van der Waals surface area contributed by atoms with Gasteiger partial charge in [-0.05, 0) is 12.5 Å². The third kappa shape index (κ3) is 2.51. The number of aryl methyl sites for hydroxylation is 1. The van der Waals surface area contributed by atoms with Crippen LogP contribution in [0, 0.1) is 0 Å². The first-order chi connectivity index (χ1) is 8.63. The molecule has 0 aliphatic heterocycles. The van der Waals surface area contributed by atoms with Crippen molar-refractivity contribution in [3.63, 3.8) is 0 Å². The number of likely N-dealkylation sites (N-methyl/N-ethyl adjacent to an activating group) is 1. The minimum absolute atomic E-state index is 0.105. The van der Waals surface area contributed by atoms with Gasteiger partial charge in [0.2, 0.25) is 11.9 Å². The molecule has 0 saturated carbocycles. The Hall–Kier alpha value is -1.89. The first-order valence-electron chi connectivity index (χ1n) is 5.64. The molecule has 0 unspecified atom stereocenters. The van der Waals surface area contributed by atoms with E-state index in [0.717, 1.165) is 16.6 Å². The number of carbonyl (C=O) groups is 1. The number of carbonyl (C=O) groups excluding carboxylic acids is 1. The maximum absolute atomic E-state index is 11.2. The lowest BCUT2D eigenvalue weighted by atomic mass is 10.3. The van der Waals surface area contributed by atoms with Crippen LogP contribution in [0.4, 0.5) is 11.8 Å². The van der Waals surface area contributed by atoms with Crippen LogP contribution in [-0.2, 0) is 11.2 Å². The molecule has 0 aromatic carbocycles. The summed E-state index contributed by atoms with van der Waals surface area (Å²) in [5.74, 6) is 0.717. The molecule has 0 atom stereocenters. The molecule has 2 rings (SSSR count). The van der Waals surface area contributed by atoms with Gasteiger partial charge in [-0.25, -0.2) is 4.98 Å². The van der Waals surface area contributed by atoms with Gasteiger partial charge < -0.3 is 16.4 Å². The molecule has 18 heavy (non-hydrogen) atoms. The Morgan fingerprint density at radius 2 is 2.28 bits per heavy atom. The second kappa shape index (κ2) is 5.18. The zero-order chi connectivity index (χ0) is 13.1. The van der Waals surface area contributed by atoms with Crippen molar-refractivity contribution in [1.29, 1.82) is 0 Å². The minimum atomic E-state index is -0.105. The number of hydrogen-bond acceptors (Lipinski definition) is 6. The number of fused-ring (bicyclic) bond motifs is 1. The van der Waals surface area contributed by atoms with Gasteiger partial charge in [-0.15, -0.1) is 11.3 Å². The van der Waals surface area contributed by atoms with Gasteiger partial charge in [-0.2, -0.15) is 4.98 Å². The quantitative estimate of drug-likeness (QED) is 0.766. The van der Waals surface area contributed by atoms with Crippen molar-refractivity contribution >= 4 is 39.2 Å². The molecule has 6 nitrogen and oxygen atoms in total. The number of nitrogens with zero attached hydrogens (tertiary/aromatic N) is 2. The Bertz CT molecular complexity index is 580. The van der Waals surface area contributed by atoms with E-state index in [1.807, 2.05) is 6.07 Å². The topological polar surface area (TPSA) is 92.9 Å². The minimum Gasteiger partial charge on any atom is -0.368 e. The standard InChI is InChI=1S/C11H15N5OS/c1-3-6-4-7-9(14-5-8(17)13-2)15-11(12)16-10(7)18-6/h4H,3,5H2,1-2H3,(H,13,17)(H3,12,14,15,16). The Labute approximate surface area is 109 Å². The summed E-state index contributed by atoms with van der Waals surface area (Å²) >= 11 is 1.59. The van der Waals surface area contributed by atoms with Gasteiger partial charge >= 0.3 is 0 Å². The number of thiophene rings is 1. The summed E-state index contributed by atoms with van der Waals surface area (Å²) in [6.45, 7) is 2.25. The number of aromatic nitrogens is 2. The molecule has 0 saturated heterocycles. The summed E-state index contributed by atoms with van der Waals surface area (Å²) < 4.78 is 0. The highest BCUT2D eigenvalue weighted by atomic mass is 32.1. The van der Waals surface area contributed by atoms with E-state index in [-0.39, 0.29) is 18.4 Å². The second-order valence-electron chi connectivity index (χ2n) is 3.74. The predicted octanol–water partition coefficient (Wildman–Crippen LogP) is 0.994. The number of nitrogens with two attached hydrogens (primary N) is 1. The molecule has 0 fully saturated rings. The highest BCUT2D eigenvalue weighted by Crippen LogP contribution is 2.29. The lowest BCUT2D eigenvalue weighted by Gasteiger charge is -2.06. The highest BCUT2D eigenvalue weighted by molar-refractivity contribution is 7.18. The first-order valence-corrected chi connectivity index (χ1v) is 6.46. The number of nitrogen functional groups attached to an aromatic ring is 1. The van der Waals surface area contributed by atoms with E-state index >= 15 is 0 Å². The van der Waals surface area contributed by atoms with Gasteiger partial charge in [-0.3, -0.25) is 4.79 Å². The van der Waals surface area contributed by atoms with Crippen molar-refractivity contribution in [2.75, 3.05) is 24.6 Å².